The van der Waals surface area contributed by atoms with Crippen LogP contribution in [0.3, 0.4) is 0 Å². The van der Waals surface area contributed by atoms with Crippen molar-refractivity contribution in [2.75, 3.05) is 18.8 Å². The number of nitrogens with zero attached hydrogens (tertiary/aromatic N) is 3. The summed E-state index contributed by atoms with van der Waals surface area (Å²) in [6.07, 6.45) is 6.40. The SMILES string of the molecule is Nc1cccc(-n2ccc(C(=O)N3CCCCCC3)n2)c1. The van der Waals surface area contributed by atoms with Crippen LogP contribution >= 0.6 is 0 Å². The minimum atomic E-state index is 0.0274. The molecule has 1 fully saturated rings. The van der Waals surface area contributed by atoms with Crippen molar-refractivity contribution < 1.29 is 4.79 Å². The maximum atomic E-state index is 12.5. The van der Waals surface area contributed by atoms with Gasteiger partial charge in [-0.1, -0.05) is 18.9 Å². The second-order valence-electron chi connectivity index (χ2n) is 5.45. The molecular formula is C16H20N4O. The predicted molar refractivity (Wildman–Crippen MR) is 82.3 cm³/mol. The minimum Gasteiger partial charge on any atom is -0.399 e. The molecule has 1 saturated heterocycles. The van der Waals surface area contributed by atoms with E-state index in [1.165, 1.54) is 12.8 Å². The molecule has 2 N–H and O–H groups in total. The van der Waals surface area contributed by atoms with E-state index < -0.39 is 0 Å². The normalized spacial score (nSPS) is 15.7. The third-order valence-electron chi connectivity index (χ3n) is 3.84. The molecule has 0 atom stereocenters. The van der Waals surface area contributed by atoms with Gasteiger partial charge in [0.05, 0.1) is 5.69 Å². The van der Waals surface area contributed by atoms with Gasteiger partial charge in [-0.15, -0.1) is 0 Å². The average molecular weight is 284 g/mol. The number of amides is 1. The summed E-state index contributed by atoms with van der Waals surface area (Å²) in [6.45, 7) is 1.67. The fraction of sp³-hybridized carbons (Fsp3) is 0.375. The van der Waals surface area contributed by atoms with Gasteiger partial charge >= 0.3 is 0 Å². The molecular weight excluding hydrogens is 264 g/mol. The molecule has 110 valence electrons. The zero-order valence-corrected chi connectivity index (χ0v) is 12.0. The van der Waals surface area contributed by atoms with Crippen LogP contribution in [0.5, 0.6) is 0 Å². The van der Waals surface area contributed by atoms with Gasteiger partial charge < -0.3 is 10.6 Å². The van der Waals surface area contributed by atoms with E-state index in [4.69, 9.17) is 5.73 Å². The first-order valence-corrected chi connectivity index (χ1v) is 7.45. The van der Waals surface area contributed by atoms with Gasteiger partial charge in [0.2, 0.25) is 0 Å². The molecule has 0 aliphatic carbocycles. The third-order valence-corrected chi connectivity index (χ3v) is 3.84. The van der Waals surface area contributed by atoms with E-state index in [9.17, 15) is 4.79 Å². The maximum absolute atomic E-state index is 12.5. The molecule has 0 bridgehead atoms. The van der Waals surface area contributed by atoms with Crippen molar-refractivity contribution in [1.82, 2.24) is 14.7 Å². The first-order chi connectivity index (χ1) is 10.2. The van der Waals surface area contributed by atoms with Crippen LogP contribution in [0.2, 0.25) is 0 Å². The summed E-state index contributed by atoms with van der Waals surface area (Å²) in [5.41, 5.74) is 7.83. The number of nitrogen functional groups attached to an aromatic ring is 1. The number of carbonyl (C=O) groups excluding carboxylic acids is 1. The average Bonchev–Trinajstić information content (AvgIpc) is 2.82. The van der Waals surface area contributed by atoms with E-state index in [2.05, 4.69) is 5.10 Å². The Bertz CT molecular complexity index is 627. The number of aromatic nitrogens is 2. The first kappa shape index (κ1) is 13.7. The topological polar surface area (TPSA) is 64.2 Å². The lowest BCUT2D eigenvalue weighted by molar-refractivity contribution is 0.0755. The molecule has 1 aliphatic heterocycles. The zero-order valence-electron chi connectivity index (χ0n) is 12.0. The third kappa shape index (κ3) is 3.07. The smallest absolute Gasteiger partial charge is 0.274 e. The second kappa shape index (κ2) is 5.99. The van der Waals surface area contributed by atoms with Crippen LogP contribution in [0, 0.1) is 0 Å². The number of carbonyl (C=O) groups is 1. The largest absolute Gasteiger partial charge is 0.399 e. The minimum absolute atomic E-state index is 0.0274. The number of anilines is 1. The fourth-order valence-corrected chi connectivity index (χ4v) is 2.68. The lowest BCUT2D eigenvalue weighted by Gasteiger charge is -2.18. The number of hydrogen-bond donors (Lipinski definition) is 1. The monoisotopic (exact) mass is 284 g/mol. The van der Waals surface area contributed by atoms with Crippen molar-refractivity contribution in [2.24, 2.45) is 0 Å². The van der Waals surface area contributed by atoms with Crippen LogP contribution in [0.25, 0.3) is 5.69 Å². The molecule has 0 saturated carbocycles. The number of rotatable bonds is 2. The van der Waals surface area contributed by atoms with Crippen LogP contribution in [-0.4, -0.2) is 33.7 Å². The Hall–Kier alpha value is -2.30. The number of benzene rings is 1. The highest BCUT2D eigenvalue weighted by molar-refractivity contribution is 5.92. The molecule has 0 radical (unpaired) electrons. The Morgan fingerprint density at radius 3 is 2.57 bits per heavy atom. The molecule has 1 aromatic carbocycles. The number of likely N-dealkylation sites (tertiary alicyclic amines) is 1. The van der Waals surface area contributed by atoms with Crippen LogP contribution < -0.4 is 5.73 Å². The molecule has 0 unspecified atom stereocenters. The standard InChI is InChI=1S/C16H20N4O/c17-13-6-5-7-14(12-13)20-11-8-15(18-20)16(21)19-9-3-1-2-4-10-19/h5-8,11-12H,1-4,9-10,17H2. The van der Waals surface area contributed by atoms with E-state index >= 15 is 0 Å². The van der Waals surface area contributed by atoms with Gasteiger partial charge in [0.25, 0.3) is 5.91 Å². The van der Waals surface area contributed by atoms with Gasteiger partial charge in [-0.3, -0.25) is 4.79 Å². The van der Waals surface area contributed by atoms with Crippen LogP contribution in [-0.2, 0) is 0 Å². The number of hydrogen-bond acceptors (Lipinski definition) is 3. The van der Waals surface area contributed by atoms with E-state index in [1.807, 2.05) is 29.2 Å². The lowest BCUT2D eigenvalue weighted by Crippen LogP contribution is -2.32. The Morgan fingerprint density at radius 2 is 1.86 bits per heavy atom. The second-order valence-corrected chi connectivity index (χ2v) is 5.45. The quantitative estimate of drug-likeness (QED) is 0.862. The van der Waals surface area contributed by atoms with E-state index in [1.54, 1.807) is 16.9 Å². The molecule has 5 heteroatoms. The van der Waals surface area contributed by atoms with E-state index in [0.29, 0.717) is 11.4 Å². The summed E-state index contributed by atoms with van der Waals surface area (Å²) in [6, 6.07) is 9.24. The molecule has 0 spiro atoms. The van der Waals surface area contributed by atoms with Crippen molar-refractivity contribution in [3.8, 4) is 5.69 Å². The van der Waals surface area contributed by atoms with Crippen molar-refractivity contribution in [2.45, 2.75) is 25.7 Å². The van der Waals surface area contributed by atoms with Crippen molar-refractivity contribution in [3.63, 3.8) is 0 Å². The molecule has 1 aromatic heterocycles. The lowest BCUT2D eigenvalue weighted by atomic mass is 10.2. The first-order valence-electron chi connectivity index (χ1n) is 7.45. The molecule has 3 rings (SSSR count). The van der Waals surface area contributed by atoms with Crippen LogP contribution in [0.15, 0.2) is 36.5 Å². The van der Waals surface area contributed by atoms with E-state index in [-0.39, 0.29) is 5.91 Å². The molecule has 5 nitrogen and oxygen atoms in total. The summed E-state index contributed by atoms with van der Waals surface area (Å²) >= 11 is 0. The molecule has 1 aliphatic rings. The highest BCUT2D eigenvalue weighted by Gasteiger charge is 2.19. The summed E-state index contributed by atoms with van der Waals surface area (Å²) < 4.78 is 1.70. The van der Waals surface area contributed by atoms with Crippen molar-refractivity contribution in [3.05, 3.63) is 42.2 Å². The van der Waals surface area contributed by atoms with Crippen molar-refractivity contribution in [1.29, 1.82) is 0 Å². The molecule has 21 heavy (non-hydrogen) atoms. The van der Waals surface area contributed by atoms with Crippen LogP contribution in [0.1, 0.15) is 36.2 Å². The molecule has 2 heterocycles. The highest BCUT2D eigenvalue weighted by Crippen LogP contribution is 2.15. The highest BCUT2D eigenvalue weighted by atomic mass is 16.2. The van der Waals surface area contributed by atoms with Gasteiger partial charge in [0, 0.05) is 25.0 Å². The van der Waals surface area contributed by atoms with Gasteiger partial charge in [-0.25, -0.2) is 4.68 Å². The zero-order chi connectivity index (χ0) is 14.7. The molecule has 1 amide bonds. The Labute approximate surface area is 124 Å². The summed E-state index contributed by atoms with van der Waals surface area (Å²) in [7, 11) is 0. The Kier molecular flexibility index (Phi) is 3.90. The molecule has 2 aromatic rings. The van der Waals surface area contributed by atoms with Gasteiger partial charge in [-0.05, 0) is 37.1 Å². The summed E-state index contributed by atoms with van der Waals surface area (Å²) in [5.74, 6) is 0.0274. The summed E-state index contributed by atoms with van der Waals surface area (Å²) in [4.78, 5) is 14.4. The van der Waals surface area contributed by atoms with E-state index in [0.717, 1.165) is 31.6 Å². The van der Waals surface area contributed by atoms with Crippen molar-refractivity contribution >= 4 is 11.6 Å². The Morgan fingerprint density at radius 1 is 1.10 bits per heavy atom. The van der Waals surface area contributed by atoms with Gasteiger partial charge in [-0.2, -0.15) is 5.10 Å². The van der Waals surface area contributed by atoms with Crippen LogP contribution in [0.4, 0.5) is 5.69 Å². The van der Waals surface area contributed by atoms with Gasteiger partial charge in [0.1, 0.15) is 0 Å². The van der Waals surface area contributed by atoms with Gasteiger partial charge in [0.15, 0.2) is 5.69 Å². The Balaban J connectivity index is 1.79. The predicted octanol–water partition coefficient (Wildman–Crippen LogP) is 2.47. The number of nitrogens with two attached hydrogens (primary N) is 1. The summed E-state index contributed by atoms with van der Waals surface area (Å²) in [5, 5.41) is 4.40. The fourth-order valence-electron chi connectivity index (χ4n) is 2.68. The maximum Gasteiger partial charge on any atom is 0.274 e.